The molecular weight excluding hydrogens is 706 g/mol. The van der Waals surface area contributed by atoms with E-state index in [-0.39, 0.29) is 24.8 Å². The zero-order valence-corrected chi connectivity index (χ0v) is 29.6. The Labute approximate surface area is 265 Å². The Hall–Kier alpha value is -2.32. The first-order chi connectivity index (χ1) is 19.0. The molecule has 4 aromatic carbocycles. The van der Waals surface area contributed by atoms with Crippen LogP contribution < -0.4 is 0 Å². The number of fused-ring (bicyclic) bond motifs is 2. The van der Waals surface area contributed by atoms with Gasteiger partial charge in [0.05, 0.1) is 0 Å². The summed E-state index contributed by atoms with van der Waals surface area (Å²) in [6.45, 7) is 8.87. The largest absolute Gasteiger partial charge is 0.147 e. The molecule has 0 bridgehead atoms. The summed E-state index contributed by atoms with van der Waals surface area (Å²) in [4.78, 5) is 0. The Morgan fingerprint density at radius 2 is 0.976 bits per heavy atom. The summed E-state index contributed by atoms with van der Waals surface area (Å²) in [5.41, 5.74) is 17.1. The summed E-state index contributed by atoms with van der Waals surface area (Å²) >= 11 is -2.34. The van der Waals surface area contributed by atoms with Crippen LogP contribution in [0.4, 0.5) is 0 Å². The Kier molecular flexibility index (Phi) is 8.91. The van der Waals surface area contributed by atoms with Crippen molar-refractivity contribution in [1.82, 2.24) is 0 Å². The van der Waals surface area contributed by atoms with Gasteiger partial charge in [-0.05, 0) is 0 Å². The third kappa shape index (κ3) is 5.47. The average Bonchev–Trinajstić information content (AvgIpc) is 3.49. The molecule has 0 aromatic heterocycles. The van der Waals surface area contributed by atoms with Gasteiger partial charge in [-0.25, -0.2) is 0 Å². The van der Waals surface area contributed by atoms with Crippen LogP contribution in [0.1, 0.15) is 71.1 Å². The van der Waals surface area contributed by atoms with Gasteiger partial charge in [-0.1, -0.05) is 0 Å². The van der Waals surface area contributed by atoms with Gasteiger partial charge in [0.2, 0.25) is 0 Å². The number of hydrogen-bond acceptors (Lipinski definition) is 0. The van der Waals surface area contributed by atoms with Gasteiger partial charge in [-0.15, -0.1) is 24.8 Å². The fraction of sp³-hybridized carbons (Fsp3) is 0.237. The molecule has 0 radical (unpaired) electrons. The van der Waals surface area contributed by atoms with Gasteiger partial charge in [0, 0.05) is 0 Å². The van der Waals surface area contributed by atoms with Crippen molar-refractivity contribution in [3.8, 4) is 22.3 Å². The molecule has 1 fully saturated rings. The van der Waals surface area contributed by atoms with Gasteiger partial charge in [0.25, 0.3) is 0 Å². The second kappa shape index (κ2) is 12.1. The molecule has 208 valence electrons. The van der Waals surface area contributed by atoms with Crippen molar-refractivity contribution in [3.63, 3.8) is 0 Å². The Balaban J connectivity index is 0.00000169. The first kappa shape index (κ1) is 30.1. The van der Waals surface area contributed by atoms with Crippen LogP contribution >= 0.6 is 24.8 Å². The zero-order chi connectivity index (χ0) is 26.7. The minimum atomic E-state index is -2.34. The van der Waals surface area contributed by atoms with Crippen LogP contribution in [0.25, 0.3) is 34.4 Å². The van der Waals surface area contributed by atoms with Crippen LogP contribution in [-0.2, 0) is 21.0 Å². The van der Waals surface area contributed by atoms with Crippen molar-refractivity contribution in [2.45, 2.75) is 54.3 Å². The summed E-state index contributed by atoms with van der Waals surface area (Å²) < 4.78 is 3.24. The van der Waals surface area contributed by atoms with Gasteiger partial charge < -0.3 is 0 Å². The van der Waals surface area contributed by atoms with Gasteiger partial charge in [0.1, 0.15) is 0 Å². The van der Waals surface area contributed by atoms with Crippen LogP contribution in [0.5, 0.6) is 0 Å². The first-order valence-corrected chi connectivity index (χ1v) is 20.4. The number of benzene rings is 4. The third-order valence-electron chi connectivity index (χ3n) is 8.96. The SMILES string of the molecule is Cc1cc(C)cc(-c2cccc3c2C=C[CH]3[Hf](=[C]2CCC2)[CH]2C=Cc3c(-c4cc(C)cc(C)c4)cccc32)c1.Cl.Cl. The van der Waals surface area contributed by atoms with Gasteiger partial charge in [-0.2, -0.15) is 0 Å². The van der Waals surface area contributed by atoms with E-state index in [2.05, 4.69) is 125 Å². The third-order valence-corrected chi connectivity index (χ3v) is 22.1. The van der Waals surface area contributed by atoms with E-state index in [4.69, 9.17) is 0 Å². The second-order valence-corrected chi connectivity index (χ2v) is 22.2. The standard InChI is InChI=1S/2C17H15.C4H6.2ClH.Hf/c2*1-12-9-13(2)11-15(10-12)17-8-4-6-14-5-3-7-16(14)17;1-2-4-3-1;;;/h2*3-11H,1-2H3;1-3H2;2*1H;. The van der Waals surface area contributed by atoms with Crippen molar-refractivity contribution in [3.05, 3.63) is 129 Å². The predicted molar refractivity (Wildman–Crippen MR) is 180 cm³/mol. The minimum Gasteiger partial charge on any atom is -0.147 e. The van der Waals surface area contributed by atoms with E-state index in [0.29, 0.717) is 7.35 Å². The Morgan fingerprint density at radius 1 is 0.561 bits per heavy atom. The van der Waals surface area contributed by atoms with Crippen LogP contribution in [0.3, 0.4) is 0 Å². The summed E-state index contributed by atoms with van der Waals surface area (Å²) in [7, 11) is 0. The quantitative estimate of drug-likeness (QED) is 0.183. The minimum absolute atomic E-state index is 0. The fourth-order valence-corrected chi connectivity index (χ4v) is 21.5. The normalized spacial score (nSPS) is 17.8. The van der Waals surface area contributed by atoms with Crippen molar-refractivity contribution < 1.29 is 21.0 Å². The molecule has 3 aliphatic carbocycles. The molecule has 0 aliphatic heterocycles. The van der Waals surface area contributed by atoms with Crippen molar-refractivity contribution in [1.29, 1.82) is 0 Å². The van der Waals surface area contributed by atoms with Crippen LogP contribution in [0.15, 0.2) is 84.9 Å². The second-order valence-electron chi connectivity index (χ2n) is 12.0. The Bertz CT molecular complexity index is 1570. The molecule has 0 amide bonds. The van der Waals surface area contributed by atoms with Crippen molar-refractivity contribution in [2.24, 2.45) is 0 Å². The van der Waals surface area contributed by atoms with E-state index in [0.717, 1.165) is 0 Å². The monoisotopic (exact) mass is 744 g/mol. The van der Waals surface area contributed by atoms with Crippen LogP contribution in [0, 0.1) is 27.7 Å². The molecule has 0 nitrogen and oxygen atoms in total. The average molecular weight is 744 g/mol. The van der Waals surface area contributed by atoms with Crippen molar-refractivity contribution in [2.75, 3.05) is 0 Å². The first-order valence-electron chi connectivity index (χ1n) is 14.5. The van der Waals surface area contributed by atoms with Crippen LogP contribution in [-0.4, -0.2) is 3.26 Å². The number of allylic oxidation sites excluding steroid dienone is 2. The molecule has 41 heavy (non-hydrogen) atoms. The summed E-state index contributed by atoms with van der Waals surface area (Å²) in [6, 6.07) is 28.2. The molecule has 4 aromatic rings. The van der Waals surface area contributed by atoms with Gasteiger partial charge >= 0.3 is 242 Å². The summed E-state index contributed by atoms with van der Waals surface area (Å²) in [6.07, 6.45) is 14.3. The van der Waals surface area contributed by atoms with E-state index in [9.17, 15) is 0 Å². The molecule has 0 heterocycles. The fourth-order valence-electron chi connectivity index (χ4n) is 7.25. The molecular formula is C38H38Cl2Hf. The molecule has 2 unspecified atom stereocenters. The number of rotatable bonds is 4. The molecule has 0 spiro atoms. The maximum absolute atomic E-state index is 2.61. The number of aryl methyl sites for hydroxylation is 4. The van der Waals surface area contributed by atoms with E-state index in [1.54, 1.807) is 11.1 Å². The molecule has 7 rings (SSSR count). The molecule has 0 saturated heterocycles. The molecule has 1 saturated carbocycles. The Morgan fingerprint density at radius 3 is 1.34 bits per heavy atom. The summed E-state index contributed by atoms with van der Waals surface area (Å²) in [5, 5.41) is 0. The topological polar surface area (TPSA) is 0 Å². The molecule has 2 atom stereocenters. The number of hydrogen-bond donors (Lipinski definition) is 0. The van der Waals surface area contributed by atoms with Gasteiger partial charge in [0.15, 0.2) is 0 Å². The molecule has 3 heteroatoms. The summed E-state index contributed by atoms with van der Waals surface area (Å²) in [5.74, 6) is 0. The molecule has 3 aliphatic rings. The van der Waals surface area contributed by atoms with E-state index in [1.807, 2.05) is 3.26 Å². The predicted octanol–water partition coefficient (Wildman–Crippen LogP) is 10.9. The maximum Gasteiger partial charge on any atom is -0.147 e. The van der Waals surface area contributed by atoms with E-state index < -0.39 is 21.0 Å². The zero-order valence-electron chi connectivity index (χ0n) is 24.3. The number of halogens is 2. The smallest absolute Gasteiger partial charge is 0.147 e. The van der Waals surface area contributed by atoms with E-state index >= 15 is 0 Å². The van der Waals surface area contributed by atoms with Crippen LogP contribution in [0.2, 0.25) is 0 Å². The van der Waals surface area contributed by atoms with Crippen molar-refractivity contribution >= 4 is 40.2 Å². The van der Waals surface area contributed by atoms with Gasteiger partial charge in [-0.3, -0.25) is 0 Å². The van der Waals surface area contributed by atoms with E-state index in [1.165, 1.54) is 74.9 Å². The molecule has 0 N–H and O–H groups in total. The maximum atomic E-state index is 2.61.